The highest BCUT2D eigenvalue weighted by Gasteiger charge is 2.25. The number of halogens is 1. The zero-order valence-corrected chi connectivity index (χ0v) is 14.2. The van der Waals surface area contributed by atoms with Crippen molar-refractivity contribution in [2.45, 2.75) is 40.3 Å². The molecule has 21 heavy (non-hydrogen) atoms. The molecule has 0 aromatic heterocycles. The van der Waals surface area contributed by atoms with Crippen molar-refractivity contribution in [1.29, 1.82) is 0 Å². The lowest BCUT2D eigenvalue weighted by Crippen LogP contribution is -2.40. The molecule has 0 amide bonds. The smallest absolute Gasteiger partial charge is 0.129 e. The lowest BCUT2D eigenvalue weighted by Gasteiger charge is -2.38. The fourth-order valence-electron chi connectivity index (χ4n) is 2.23. The molecule has 4 heteroatoms. The van der Waals surface area contributed by atoms with Crippen LogP contribution in [0.15, 0.2) is 18.2 Å². The lowest BCUT2D eigenvalue weighted by molar-refractivity contribution is 0.199. The summed E-state index contributed by atoms with van der Waals surface area (Å²) in [7, 11) is 3.69. The van der Waals surface area contributed by atoms with Crippen molar-refractivity contribution in [2.75, 3.05) is 32.2 Å². The predicted molar refractivity (Wildman–Crippen MR) is 87.3 cm³/mol. The third-order valence-corrected chi connectivity index (χ3v) is 4.09. The number of benzene rings is 1. The van der Waals surface area contributed by atoms with Gasteiger partial charge < -0.3 is 15.0 Å². The van der Waals surface area contributed by atoms with Crippen molar-refractivity contribution < 1.29 is 9.13 Å². The van der Waals surface area contributed by atoms with Crippen molar-refractivity contribution in [3.05, 3.63) is 29.6 Å². The maximum absolute atomic E-state index is 14.2. The molecule has 0 saturated heterocycles. The first kappa shape index (κ1) is 17.9. The number of anilines is 1. The number of hydrogen-bond donors (Lipinski definition) is 1. The van der Waals surface area contributed by atoms with Gasteiger partial charge in [-0.25, -0.2) is 4.39 Å². The van der Waals surface area contributed by atoms with Gasteiger partial charge in [-0.1, -0.05) is 26.8 Å². The van der Waals surface area contributed by atoms with Gasteiger partial charge in [-0.05, 0) is 24.5 Å². The Morgan fingerprint density at radius 1 is 1.33 bits per heavy atom. The van der Waals surface area contributed by atoms with Gasteiger partial charge in [0, 0.05) is 44.5 Å². The number of ether oxygens (including phenoxy) is 1. The van der Waals surface area contributed by atoms with Crippen molar-refractivity contribution in [2.24, 2.45) is 5.41 Å². The summed E-state index contributed by atoms with van der Waals surface area (Å²) in [5, 5.41) is 3.22. The Morgan fingerprint density at radius 3 is 2.57 bits per heavy atom. The molecule has 120 valence electrons. The standard InChI is InChI=1S/C17H29FN2O/c1-13(17(2,3)4)20(5)16-9-7-8-15(18)14(16)12-19-10-11-21-6/h7-9,13,19H,10-12H2,1-6H3. The van der Waals surface area contributed by atoms with Crippen molar-refractivity contribution in [1.82, 2.24) is 5.32 Å². The Hall–Kier alpha value is -1.13. The van der Waals surface area contributed by atoms with E-state index >= 15 is 0 Å². The third-order valence-electron chi connectivity index (χ3n) is 4.09. The van der Waals surface area contributed by atoms with Gasteiger partial charge in [-0.15, -0.1) is 0 Å². The van der Waals surface area contributed by atoms with E-state index in [1.54, 1.807) is 13.2 Å². The minimum Gasteiger partial charge on any atom is -0.383 e. The molecule has 0 aliphatic carbocycles. The summed E-state index contributed by atoms with van der Waals surface area (Å²) in [6.45, 7) is 10.6. The van der Waals surface area contributed by atoms with E-state index in [-0.39, 0.29) is 11.2 Å². The van der Waals surface area contributed by atoms with Gasteiger partial charge >= 0.3 is 0 Å². The Balaban J connectivity index is 2.93. The fourth-order valence-corrected chi connectivity index (χ4v) is 2.23. The molecular formula is C17H29FN2O. The van der Waals surface area contributed by atoms with Crippen molar-refractivity contribution >= 4 is 5.69 Å². The molecule has 0 aliphatic heterocycles. The number of nitrogens with one attached hydrogen (secondary N) is 1. The summed E-state index contributed by atoms with van der Waals surface area (Å²) in [4.78, 5) is 2.16. The zero-order chi connectivity index (χ0) is 16.0. The average molecular weight is 296 g/mol. The number of hydrogen-bond acceptors (Lipinski definition) is 3. The van der Waals surface area contributed by atoms with E-state index in [1.807, 2.05) is 13.1 Å². The minimum atomic E-state index is -0.162. The molecule has 0 heterocycles. The van der Waals surface area contributed by atoms with Gasteiger partial charge in [-0.2, -0.15) is 0 Å². The molecule has 0 fully saturated rings. The van der Waals surface area contributed by atoms with Crippen LogP contribution in [0.25, 0.3) is 0 Å². The molecule has 0 bridgehead atoms. The highest BCUT2D eigenvalue weighted by Crippen LogP contribution is 2.30. The van der Waals surface area contributed by atoms with E-state index in [0.717, 1.165) is 5.69 Å². The van der Waals surface area contributed by atoms with E-state index in [2.05, 4.69) is 37.9 Å². The zero-order valence-electron chi connectivity index (χ0n) is 14.2. The van der Waals surface area contributed by atoms with E-state index in [1.165, 1.54) is 6.07 Å². The van der Waals surface area contributed by atoms with Crippen LogP contribution in [0.2, 0.25) is 0 Å². The molecular weight excluding hydrogens is 267 g/mol. The lowest BCUT2D eigenvalue weighted by atomic mass is 9.86. The SMILES string of the molecule is COCCNCc1c(F)cccc1N(C)C(C)C(C)(C)C. The second-order valence-corrected chi connectivity index (χ2v) is 6.56. The molecule has 0 spiro atoms. The third kappa shape index (κ3) is 4.97. The molecule has 0 aliphatic rings. The van der Waals surface area contributed by atoms with Crippen LogP contribution in [0.3, 0.4) is 0 Å². The summed E-state index contributed by atoms with van der Waals surface area (Å²) < 4.78 is 19.2. The first-order valence-electron chi connectivity index (χ1n) is 7.49. The molecule has 1 atom stereocenters. The Labute approximate surface area is 128 Å². The Bertz CT molecular complexity index is 443. The van der Waals surface area contributed by atoms with Crippen LogP contribution in [-0.2, 0) is 11.3 Å². The summed E-state index contributed by atoms with van der Waals surface area (Å²) in [5.74, 6) is -0.162. The highest BCUT2D eigenvalue weighted by atomic mass is 19.1. The van der Waals surface area contributed by atoms with E-state index in [9.17, 15) is 4.39 Å². The van der Waals surface area contributed by atoms with Crippen LogP contribution >= 0.6 is 0 Å². The number of nitrogens with zero attached hydrogens (tertiary/aromatic N) is 1. The van der Waals surface area contributed by atoms with Crippen molar-refractivity contribution in [3.8, 4) is 0 Å². The van der Waals surface area contributed by atoms with Gasteiger partial charge in [0.15, 0.2) is 0 Å². The highest BCUT2D eigenvalue weighted by molar-refractivity contribution is 5.54. The molecule has 0 radical (unpaired) electrons. The van der Waals surface area contributed by atoms with Crippen LogP contribution in [-0.4, -0.2) is 33.4 Å². The quantitative estimate of drug-likeness (QED) is 0.780. The second-order valence-electron chi connectivity index (χ2n) is 6.56. The van der Waals surface area contributed by atoms with Crippen LogP contribution in [0, 0.1) is 11.2 Å². The Morgan fingerprint density at radius 2 is 2.00 bits per heavy atom. The fraction of sp³-hybridized carbons (Fsp3) is 0.647. The summed E-state index contributed by atoms with van der Waals surface area (Å²) in [6.07, 6.45) is 0. The van der Waals surface area contributed by atoms with E-state index < -0.39 is 0 Å². The van der Waals surface area contributed by atoms with Gasteiger partial charge in [0.25, 0.3) is 0 Å². The maximum Gasteiger partial charge on any atom is 0.129 e. The maximum atomic E-state index is 14.2. The minimum absolute atomic E-state index is 0.127. The molecule has 0 saturated carbocycles. The normalized spacial score (nSPS) is 13.3. The first-order valence-corrected chi connectivity index (χ1v) is 7.49. The van der Waals surface area contributed by atoms with Crippen LogP contribution in [0.5, 0.6) is 0 Å². The summed E-state index contributed by atoms with van der Waals surface area (Å²) in [6, 6.07) is 5.58. The van der Waals surface area contributed by atoms with Crippen LogP contribution in [0.4, 0.5) is 10.1 Å². The van der Waals surface area contributed by atoms with Gasteiger partial charge in [-0.3, -0.25) is 0 Å². The van der Waals surface area contributed by atoms with Gasteiger partial charge in [0.1, 0.15) is 5.82 Å². The first-order chi connectivity index (χ1) is 9.79. The van der Waals surface area contributed by atoms with Crippen LogP contribution in [0.1, 0.15) is 33.3 Å². The van der Waals surface area contributed by atoms with Crippen LogP contribution < -0.4 is 10.2 Å². The topological polar surface area (TPSA) is 24.5 Å². The average Bonchev–Trinajstić information content (AvgIpc) is 2.42. The number of rotatable bonds is 7. The molecule has 1 aromatic rings. The summed E-state index contributed by atoms with van der Waals surface area (Å²) >= 11 is 0. The second kappa shape index (κ2) is 7.76. The van der Waals surface area contributed by atoms with Gasteiger partial charge in [0.2, 0.25) is 0 Å². The largest absolute Gasteiger partial charge is 0.383 e. The molecule has 1 unspecified atom stereocenters. The van der Waals surface area contributed by atoms with Gasteiger partial charge in [0.05, 0.1) is 6.61 Å². The molecule has 1 N–H and O–H groups in total. The molecule has 1 aromatic carbocycles. The molecule has 1 rings (SSSR count). The number of methoxy groups -OCH3 is 1. The summed E-state index contributed by atoms with van der Waals surface area (Å²) in [5.41, 5.74) is 1.79. The van der Waals surface area contributed by atoms with E-state index in [4.69, 9.17) is 4.74 Å². The van der Waals surface area contributed by atoms with E-state index in [0.29, 0.717) is 31.3 Å². The monoisotopic (exact) mass is 296 g/mol. The Kier molecular flexibility index (Phi) is 6.62. The van der Waals surface area contributed by atoms with Crippen molar-refractivity contribution in [3.63, 3.8) is 0 Å². The predicted octanol–water partition coefficient (Wildman–Crippen LogP) is 3.43. The molecule has 3 nitrogen and oxygen atoms in total.